The van der Waals surface area contributed by atoms with Crippen molar-refractivity contribution in [2.24, 2.45) is 17.4 Å². The van der Waals surface area contributed by atoms with E-state index < -0.39 is 24.3 Å². The fourth-order valence-electron chi connectivity index (χ4n) is 2.49. The molecule has 0 saturated heterocycles. The molecule has 0 bridgehead atoms. The van der Waals surface area contributed by atoms with Crippen LogP contribution in [0.25, 0.3) is 0 Å². The van der Waals surface area contributed by atoms with E-state index in [1.54, 1.807) is 24.3 Å². The van der Waals surface area contributed by atoms with Crippen LogP contribution in [0.2, 0.25) is 0 Å². The topological polar surface area (TPSA) is 169 Å². The second kappa shape index (κ2) is 12.9. The zero-order chi connectivity index (χ0) is 22.7. The van der Waals surface area contributed by atoms with E-state index in [4.69, 9.17) is 21.3 Å². The number of nitrogens with two attached hydrogens (primary N) is 2. The molecule has 0 aliphatic rings. The third kappa shape index (κ3) is 9.79. The second-order valence-electron chi connectivity index (χ2n) is 7.34. The van der Waals surface area contributed by atoms with Gasteiger partial charge in [0.2, 0.25) is 11.8 Å². The zero-order valence-corrected chi connectivity index (χ0v) is 17.7. The highest BCUT2D eigenvalue weighted by atomic mass is 16.5. The molecule has 0 spiro atoms. The molecule has 0 radical (unpaired) electrons. The van der Waals surface area contributed by atoms with Crippen molar-refractivity contribution >= 4 is 23.5 Å². The lowest BCUT2D eigenvalue weighted by Crippen LogP contribution is -2.51. The summed E-state index contributed by atoms with van der Waals surface area (Å²) in [6.45, 7) is 5.50. The molecule has 1 aromatic rings. The number of carbonyl (C=O) groups is 3. The van der Waals surface area contributed by atoms with Crippen molar-refractivity contribution < 1.29 is 24.2 Å². The van der Waals surface area contributed by atoms with Crippen molar-refractivity contribution in [3.05, 3.63) is 29.8 Å². The molecule has 1 aromatic carbocycles. The van der Waals surface area contributed by atoms with E-state index in [0.717, 1.165) is 5.56 Å². The predicted molar refractivity (Wildman–Crippen MR) is 113 cm³/mol. The van der Waals surface area contributed by atoms with Crippen LogP contribution in [0, 0.1) is 5.92 Å². The summed E-state index contributed by atoms with van der Waals surface area (Å²) in [5.74, 6) is -1.25. The van der Waals surface area contributed by atoms with Gasteiger partial charge in [0.25, 0.3) is 0 Å². The van der Waals surface area contributed by atoms with Gasteiger partial charge in [0.05, 0.1) is 6.04 Å². The van der Waals surface area contributed by atoms with Gasteiger partial charge in [0, 0.05) is 12.6 Å². The molecule has 10 heteroatoms. The first-order chi connectivity index (χ1) is 14.1. The lowest BCUT2D eigenvalue weighted by molar-refractivity contribution is -0.142. The molecule has 2 amide bonds. The Hall–Kier alpha value is -2.53. The Kier molecular flexibility index (Phi) is 11.0. The van der Waals surface area contributed by atoms with Crippen molar-refractivity contribution in [1.82, 2.24) is 10.6 Å². The fourth-order valence-corrected chi connectivity index (χ4v) is 2.49. The molecular formula is C20H33N5O5. The minimum atomic E-state index is -1.15. The minimum Gasteiger partial charge on any atom is -0.461 e. The number of carbonyl (C=O) groups excluding carboxylic acids is 3. The average molecular weight is 424 g/mol. The maximum Gasteiger partial charge on any atom is 0.302 e. The number of hydrogen-bond donors (Lipinski definition) is 6. The third-order valence-electron chi connectivity index (χ3n) is 4.34. The van der Waals surface area contributed by atoms with Crippen molar-refractivity contribution in [1.29, 1.82) is 0 Å². The molecule has 8 N–H and O–H groups in total. The first kappa shape index (κ1) is 25.5. The van der Waals surface area contributed by atoms with Gasteiger partial charge >= 0.3 is 5.97 Å². The number of nitrogens with one attached hydrogen (secondary N) is 3. The van der Waals surface area contributed by atoms with Crippen LogP contribution in [0.4, 0.5) is 5.69 Å². The number of benzene rings is 1. The summed E-state index contributed by atoms with van der Waals surface area (Å²) in [5, 5.41) is 17.2. The van der Waals surface area contributed by atoms with E-state index in [9.17, 15) is 14.4 Å². The van der Waals surface area contributed by atoms with Crippen molar-refractivity contribution in [3.63, 3.8) is 0 Å². The summed E-state index contributed by atoms with van der Waals surface area (Å²) in [6.07, 6.45) is -0.330. The largest absolute Gasteiger partial charge is 0.461 e. The maximum absolute atomic E-state index is 12.7. The Morgan fingerprint density at radius 3 is 2.27 bits per heavy atom. The van der Waals surface area contributed by atoms with E-state index in [1.165, 1.54) is 6.92 Å². The lowest BCUT2D eigenvalue weighted by Gasteiger charge is -2.22. The number of esters is 1. The molecule has 0 aliphatic carbocycles. The number of rotatable bonds is 12. The Morgan fingerprint density at radius 2 is 1.73 bits per heavy atom. The van der Waals surface area contributed by atoms with E-state index in [2.05, 4.69) is 16.0 Å². The molecule has 1 unspecified atom stereocenters. The molecule has 3 atom stereocenters. The van der Waals surface area contributed by atoms with Gasteiger partial charge in [0.15, 0.2) is 6.35 Å². The Bertz CT molecular complexity index is 693. The SMILES string of the molecule is CC(=O)OCc1ccc(NC(=O)[C@H](CCCNC(N)O)NC(=O)[C@@H](N)C(C)C)cc1. The fraction of sp³-hybridized carbons (Fsp3) is 0.550. The Balaban J connectivity index is 2.74. The Morgan fingerprint density at radius 1 is 1.10 bits per heavy atom. The van der Waals surface area contributed by atoms with E-state index in [0.29, 0.717) is 25.1 Å². The van der Waals surface area contributed by atoms with E-state index in [-0.39, 0.29) is 24.4 Å². The van der Waals surface area contributed by atoms with Gasteiger partial charge in [-0.2, -0.15) is 0 Å². The van der Waals surface area contributed by atoms with Crippen LogP contribution in [-0.2, 0) is 25.7 Å². The van der Waals surface area contributed by atoms with Gasteiger partial charge < -0.3 is 26.2 Å². The number of ether oxygens (including phenoxy) is 1. The van der Waals surface area contributed by atoms with Crippen LogP contribution >= 0.6 is 0 Å². The molecule has 168 valence electrons. The number of anilines is 1. The predicted octanol–water partition coefficient (Wildman–Crippen LogP) is -0.239. The molecule has 0 saturated carbocycles. The highest BCUT2D eigenvalue weighted by molar-refractivity contribution is 5.97. The zero-order valence-electron chi connectivity index (χ0n) is 17.7. The lowest BCUT2D eigenvalue weighted by atomic mass is 10.0. The van der Waals surface area contributed by atoms with Crippen LogP contribution < -0.4 is 27.4 Å². The molecular weight excluding hydrogens is 390 g/mol. The first-order valence-corrected chi connectivity index (χ1v) is 9.86. The van der Waals surface area contributed by atoms with Gasteiger partial charge in [-0.05, 0) is 43.0 Å². The molecule has 0 fully saturated rings. The number of hydrogen-bond acceptors (Lipinski definition) is 8. The monoisotopic (exact) mass is 423 g/mol. The molecule has 30 heavy (non-hydrogen) atoms. The van der Waals surface area contributed by atoms with Gasteiger partial charge in [-0.15, -0.1) is 0 Å². The van der Waals surface area contributed by atoms with E-state index in [1.807, 2.05) is 13.8 Å². The second-order valence-corrected chi connectivity index (χ2v) is 7.34. The van der Waals surface area contributed by atoms with Gasteiger partial charge in [-0.3, -0.25) is 25.4 Å². The third-order valence-corrected chi connectivity index (χ3v) is 4.34. The number of aliphatic hydroxyl groups excluding tert-OH is 1. The first-order valence-electron chi connectivity index (χ1n) is 9.86. The van der Waals surface area contributed by atoms with Crippen molar-refractivity contribution in [2.45, 2.75) is 58.7 Å². The van der Waals surface area contributed by atoms with E-state index >= 15 is 0 Å². The average Bonchev–Trinajstić information content (AvgIpc) is 2.68. The highest BCUT2D eigenvalue weighted by Gasteiger charge is 2.25. The summed E-state index contributed by atoms with van der Waals surface area (Å²) in [4.78, 5) is 35.9. The van der Waals surface area contributed by atoms with Crippen LogP contribution in [0.15, 0.2) is 24.3 Å². The molecule has 10 nitrogen and oxygen atoms in total. The number of aliphatic hydroxyl groups is 1. The molecule has 0 aromatic heterocycles. The van der Waals surface area contributed by atoms with Crippen molar-refractivity contribution in [2.75, 3.05) is 11.9 Å². The summed E-state index contributed by atoms with van der Waals surface area (Å²) in [6, 6.07) is 5.29. The van der Waals surface area contributed by atoms with Crippen LogP contribution in [0.3, 0.4) is 0 Å². The molecule has 1 rings (SSSR count). The quantitative estimate of drug-likeness (QED) is 0.152. The number of amides is 2. The maximum atomic E-state index is 12.7. The molecule has 0 aliphatic heterocycles. The summed E-state index contributed by atoms with van der Waals surface area (Å²) in [7, 11) is 0. The van der Waals surface area contributed by atoms with Crippen LogP contribution in [-0.4, -0.2) is 47.9 Å². The Labute approximate surface area is 176 Å². The van der Waals surface area contributed by atoms with Crippen molar-refractivity contribution in [3.8, 4) is 0 Å². The van der Waals surface area contributed by atoms with Crippen LogP contribution in [0.5, 0.6) is 0 Å². The van der Waals surface area contributed by atoms with Gasteiger partial charge in [-0.1, -0.05) is 26.0 Å². The summed E-state index contributed by atoms with van der Waals surface area (Å²) in [5.41, 5.74) is 12.4. The van der Waals surface area contributed by atoms with Gasteiger partial charge in [0.1, 0.15) is 12.6 Å². The smallest absolute Gasteiger partial charge is 0.302 e. The van der Waals surface area contributed by atoms with Crippen LogP contribution in [0.1, 0.15) is 39.2 Å². The highest BCUT2D eigenvalue weighted by Crippen LogP contribution is 2.12. The molecule has 0 heterocycles. The normalized spacial score (nSPS) is 14.0. The summed E-state index contributed by atoms with van der Waals surface area (Å²) >= 11 is 0. The minimum absolute atomic E-state index is 0.0764. The standard InChI is InChI=1S/C20H33N5O5/c1-12(2)17(21)19(28)25-16(5-4-10-23-20(22)29)18(27)24-15-8-6-14(7-9-15)11-30-13(3)26/h6-9,12,16-17,20,23,29H,4-5,10-11,21-22H2,1-3H3,(H,24,27)(H,25,28)/t16-,17-,20?/m0/s1. The van der Waals surface area contributed by atoms with Gasteiger partial charge in [-0.25, -0.2) is 0 Å². The summed E-state index contributed by atoms with van der Waals surface area (Å²) < 4.78 is 4.93.